The van der Waals surface area contributed by atoms with E-state index in [0.29, 0.717) is 56.5 Å². The lowest BCUT2D eigenvalue weighted by Crippen LogP contribution is -2.37. The minimum atomic E-state index is -0.311. The van der Waals surface area contributed by atoms with E-state index in [-0.39, 0.29) is 11.7 Å². The van der Waals surface area contributed by atoms with E-state index in [9.17, 15) is 9.18 Å². The molecule has 2 aromatic carbocycles. The van der Waals surface area contributed by atoms with Crippen LogP contribution >= 0.6 is 0 Å². The van der Waals surface area contributed by atoms with Crippen LogP contribution in [0.3, 0.4) is 0 Å². The van der Waals surface area contributed by atoms with Gasteiger partial charge in [-0.25, -0.2) is 4.39 Å². The highest BCUT2D eigenvalue weighted by molar-refractivity contribution is 5.94. The van der Waals surface area contributed by atoms with Crippen molar-refractivity contribution in [1.82, 2.24) is 10.1 Å². The zero-order chi connectivity index (χ0) is 22.5. The van der Waals surface area contributed by atoms with Crippen LogP contribution in [0.15, 0.2) is 53.1 Å². The topological polar surface area (TPSA) is 58.8 Å². The highest BCUT2D eigenvalue weighted by Gasteiger charge is 2.27. The molecule has 0 spiro atoms. The van der Waals surface area contributed by atoms with E-state index in [1.807, 2.05) is 43.0 Å². The van der Waals surface area contributed by atoms with Crippen LogP contribution in [0.1, 0.15) is 34.8 Å². The van der Waals surface area contributed by atoms with Gasteiger partial charge in [0.15, 0.2) is 0 Å². The summed E-state index contributed by atoms with van der Waals surface area (Å²) in [4.78, 5) is 17.3. The Morgan fingerprint density at radius 2 is 1.78 bits per heavy atom. The first-order valence-electron chi connectivity index (χ1n) is 11.0. The van der Waals surface area contributed by atoms with Crippen molar-refractivity contribution in [3.05, 3.63) is 71.0 Å². The first kappa shape index (κ1) is 22.0. The van der Waals surface area contributed by atoms with Crippen molar-refractivity contribution >= 4 is 11.8 Å². The van der Waals surface area contributed by atoms with Crippen LogP contribution in [-0.4, -0.2) is 48.8 Å². The van der Waals surface area contributed by atoms with Gasteiger partial charge in [-0.3, -0.25) is 4.79 Å². The van der Waals surface area contributed by atoms with Crippen molar-refractivity contribution in [2.24, 2.45) is 0 Å². The standard InChI is InChI=1S/C25H28FN3O3/c1-3-12-29(24(30)20-6-4-18(2)5-7-20)17-22-23(19-8-10-21(26)11-9-19)27-32-25(22)28-13-15-31-16-14-28/h4-11H,3,12-17H2,1-2H3. The summed E-state index contributed by atoms with van der Waals surface area (Å²) >= 11 is 0. The fourth-order valence-corrected chi connectivity index (χ4v) is 3.88. The van der Waals surface area contributed by atoms with Crippen LogP contribution in [-0.2, 0) is 11.3 Å². The molecule has 2 heterocycles. The monoisotopic (exact) mass is 437 g/mol. The molecule has 1 fully saturated rings. The largest absolute Gasteiger partial charge is 0.378 e. The van der Waals surface area contributed by atoms with Crippen molar-refractivity contribution in [2.75, 3.05) is 37.7 Å². The smallest absolute Gasteiger partial charge is 0.254 e. The number of carbonyl (C=O) groups excluding carboxylic acids is 1. The van der Waals surface area contributed by atoms with Crippen LogP contribution in [0.2, 0.25) is 0 Å². The molecule has 0 atom stereocenters. The van der Waals surface area contributed by atoms with Crippen LogP contribution < -0.4 is 4.90 Å². The van der Waals surface area contributed by atoms with Gasteiger partial charge in [-0.2, -0.15) is 0 Å². The predicted octanol–water partition coefficient (Wildman–Crippen LogP) is 4.68. The van der Waals surface area contributed by atoms with Crippen molar-refractivity contribution < 1.29 is 18.4 Å². The second kappa shape index (κ2) is 9.96. The average molecular weight is 438 g/mol. The van der Waals surface area contributed by atoms with Gasteiger partial charge in [0.2, 0.25) is 5.88 Å². The third-order valence-electron chi connectivity index (χ3n) is 5.61. The molecule has 1 aliphatic heterocycles. The number of aromatic nitrogens is 1. The summed E-state index contributed by atoms with van der Waals surface area (Å²) in [7, 11) is 0. The maximum Gasteiger partial charge on any atom is 0.254 e. The van der Waals surface area contributed by atoms with Crippen LogP contribution in [0.5, 0.6) is 0 Å². The first-order chi connectivity index (χ1) is 15.6. The van der Waals surface area contributed by atoms with Gasteiger partial charge in [-0.15, -0.1) is 0 Å². The molecular weight excluding hydrogens is 409 g/mol. The lowest BCUT2D eigenvalue weighted by molar-refractivity contribution is 0.0743. The Morgan fingerprint density at radius 1 is 1.09 bits per heavy atom. The molecule has 1 saturated heterocycles. The minimum Gasteiger partial charge on any atom is -0.378 e. The number of ether oxygens (including phenoxy) is 1. The highest BCUT2D eigenvalue weighted by atomic mass is 19.1. The van der Waals surface area contributed by atoms with Crippen molar-refractivity contribution in [3.63, 3.8) is 0 Å². The van der Waals surface area contributed by atoms with E-state index >= 15 is 0 Å². The number of anilines is 1. The van der Waals surface area contributed by atoms with E-state index in [1.54, 1.807) is 12.1 Å². The number of aryl methyl sites for hydroxylation is 1. The summed E-state index contributed by atoms with van der Waals surface area (Å²) in [6.07, 6.45) is 0.821. The molecule has 1 aromatic heterocycles. The number of carbonyl (C=O) groups is 1. The number of halogens is 1. The van der Waals surface area contributed by atoms with Gasteiger partial charge < -0.3 is 19.1 Å². The molecular formula is C25H28FN3O3. The Kier molecular flexibility index (Phi) is 6.85. The number of nitrogens with zero attached hydrogens (tertiary/aromatic N) is 3. The molecule has 4 rings (SSSR count). The van der Waals surface area contributed by atoms with Gasteiger partial charge in [0, 0.05) is 30.8 Å². The zero-order valence-electron chi connectivity index (χ0n) is 18.5. The predicted molar refractivity (Wildman–Crippen MR) is 121 cm³/mol. The van der Waals surface area contributed by atoms with E-state index < -0.39 is 0 Å². The Balaban J connectivity index is 1.71. The number of benzene rings is 2. The molecule has 0 N–H and O–H groups in total. The fourth-order valence-electron chi connectivity index (χ4n) is 3.88. The Hall–Kier alpha value is -3.19. The molecule has 0 aliphatic carbocycles. The molecule has 7 heteroatoms. The zero-order valence-corrected chi connectivity index (χ0v) is 18.5. The van der Waals surface area contributed by atoms with Crippen LogP contribution in [0, 0.1) is 12.7 Å². The molecule has 6 nitrogen and oxygen atoms in total. The molecule has 0 unspecified atom stereocenters. The lowest BCUT2D eigenvalue weighted by atomic mass is 10.1. The second-order valence-corrected chi connectivity index (χ2v) is 8.01. The number of amides is 1. The quantitative estimate of drug-likeness (QED) is 0.537. The average Bonchev–Trinajstić information content (AvgIpc) is 3.23. The summed E-state index contributed by atoms with van der Waals surface area (Å²) in [5.74, 6) is 0.297. The number of hydrogen-bond donors (Lipinski definition) is 0. The second-order valence-electron chi connectivity index (χ2n) is 8.01. The number of morpholine rings is 1. The molecule has 1 aliphatic rings. The molecule has 3 aromatic rings. The number of rotatable bonds is 7. The van der Waals surface area contributed by atoms with E-state index in [2.05, 4.69) is 10.1 Å². The summed E-state index contributed by atoms with van der Waals surface area (Å²) < 4.78 is 24.8. The normalized spacial score (nSPS) is 13.9. The maximum atomic E-state index is 13.5. The maximum absolute atomic E-state index is 13.5. The van der Waals surface area contributed by atoms with Crippen LogP contribution in [0.25, 0.3) is 11.3 Å². The molecule has 0 radical (unpaired) electrons. The van der Waals surface area contributed by atoms with Gasteiger partial charge in [-0.05, 0) is 49.7 Å². The minimum absolute atomic E-state index is 0.0361. The Labute approximate surface area is 187 Å². The van der Waals surface area contributed by atoms with Crippen LogP contribution in [0.4, 0.5) is 10.3 Å². The van der Waals surface area contributed by atoms with Gasteiger partial charge in [0.25, 0.3) is 5.91 Å². The molecule has 0 saturated carbocycles. The molecule has 1 amide bonds. The van der Waals surface area contributed by atoms with Gasteiger partial charge in [-0.1, -0.05) is 29.8 Å². The third kappa shape index (κ3) is 4.83. The molecule has 168 valence electrons. The Morgan fingerprint density at radius 3 is 2.44 bits per heavy atom. The molecule has 32 heavy (non-hydrogen) atoms. The van der Waals surface area contributed by atoms with E-state index in [4.69, 9.17) is 9.26 Å². The van der Waals surface area contributed by atoms with Gasteiger partial charge in [0.1, 0.15) is 11.5 Å². The van der Waals surface area contributed by atoms with E-state index in [0.717, 1.165) is 23.1 Å². The lowest BCUT2D eigenvalue weighted by Gasteiger charge is -2.28. The first-order valence-corrected chi connectivity index (χ1v) is 11.0. The number of hydrogen-bond acceptors (Lipinski definition) is 5. The van der Waals surface area contributed by atoms with Crippen molar-refractivity contribution in [2.45, 2.75) is 26.8 Å². The Bertz CT molecular complexity index is 1040. The summed E-state index contributed by atoms with van der Waals surface area (Å²) in [6.45, 7) is 7.58. The summed E-state index contributed by atoms with van der Waals surface area (Å²) in [6, 6.07) is 13.8. The summed E-state index contributed by atoms with van der Waals surface area (Å²) in [5.41, 5.74) is 3.97. The molecule has 0 bridgehead atoms. The van der Waals surface area contributed by atoms with Crippen molar-refractivity contribution in [3.8, 4) is 11.3 Å². The summed E-state index contributed by atoms with van der Waals surface area (Å²) in [5, 5.41) is 4.33. The van der Waals surface area contributed by atoms with E-state index in [1.165, 1.54) is 12.1 Å². The highest BCUT2D eigenvalue weighted by Crippen LogP contribution is 2.33. The van der Waals surface area contributed by atoms with Gasteiger partial charge >= 0.3 is 0 Å². The van der Waals surface area contributed by atoms with Crippen molar-refractivity contribution in [1.29, 1.82) is 0 Å². The third-order valence-corrected chi connectivity index (χ3v) is 5.61. The SMILES string of the molecule is CCCN(Cc1c(-c2ccc(F)cc2)noc1N1CCOCC1)C(=O)c1ccc(C)cc1. The fraction of sp³-hybridized carbons (Fsp3) is 0.360. The van der Waals surface area contributed by atoms with Gasteiger partial charge in [0.05, 0.1) is 25.3 Å².